The normalized spacial score (nSPS) is 10.5. The van der Waals surface area contributed by atoms with Gasteiger partial charge in [0.25, 0.3) is 0 Å². The second-order valence-electron chi connectivity index (χ2n) is 3.53. The number of alkyl halides is 1. The van der Waals surface area contributed by atoms with Crippen molar-refractivity contribution in [3.63, 3.8) is 0 Å². The number of rotatable bonds is 2. The first-order valence-corrected chi connectivity index (χ1v) is 4.66. The van der Waals surface area contributed by atoms with Crippen molar-refractivity contribution in [2.75, 3.05) is 5.73 Å². The van der Waals surface area contributed by atoms with Gasteiger partial charge in [0.2, 0.25) is 0 Å². The van der Waals surface area contributed by atoms with Crippen LogP contribution in [-0.4, -0.2) is 9.78 Å². The van der Waals surface area contributed by atoms with E-state index in [1.54, 1.807) is 29.1 Å². The van der Waals surface area contributed by atoms with Gasteiger partial charge in [-0.15, -0.1) is 0 Å². The lowest BCUT2D eigenvalue weighted by molar-refractivity contribution is 0.485. The molecule has 0 fully saturated rings. The lowest BCUT2D eigenvalue weighted by Crippen LogP contribution is -1.97. The molecule has 0 aliphatic rings. The second kappa shape index (κ2) is 3.73. The first kappa shape index (κ1) is 9.71. The molecule has 0 unspecified atom stereocenters. The Morgan fingerprint density at radius 1 is 1.40 bits per heavy atom. The number of hydrogen-bond acceptors (Lipinski definition) is 2. The topological polar surface area (TPSA) is 43.8 Å². The van der Waals surface area contributed by atoms with E-state index in [-0.39, 0.29) is 0 Å². The number of anilines is 1. The number of aryl methyl sites for hydroxylation is 1. The minimum Gasteiger partial charge on any atom is -0.399 e. The fourth-order valence-electron chi connectivity index (χ4n) is 1.46. The Morgan fingerprint density at radius 3 is 2.80 bits per heavy atom. The van der Waals surface area contributed by atoms with Gasteiger partial charge in [-0.1, -0.05) is 0 Å². The summed E-state index contributed by atoms with van der Waals surface area (Å²) in [5.74, 6) is 0. The van der Waals surface area contributed by atoms with Crippen LogP contribution in [0, 0.1) is 6.92 Å². The van der Waals surface area contributed by atoms with Crippen molar-refractivity contribution in [2.45, 2.75) is 13.6 Å². The van der Waals surface area contributed by atoms with Crippen molar-refractivity contribution in [3.05, 3.63) is 41.7 Å². The highest BCUT2D eigenvalue weighted by Crippen LogP contribution is 2.16. The molecule has 0 radical (unpaired) electrons. The number of benzene rings is 1. The third-order valence-electron chi connectivity index (χ3n) is 2.13. The molecule has 0 saturated heterocycles. The zero-order valence-electron chi connectivity index (χ0n) is 8.44. The Balaban J connectivity index is 2.48. The van der Waals surface area contributed by atoms with Gasteiger partial charge in [-0.3, -0.25) is 0 Å². The minimum absolute atomic E-state index is 0.516. The van der Waals surface area contributed by atoms with Gasteiger partial charge in [0.15, 0.2) is 0 Å². The average molecular weight is 205 g/mol. The number of hydrogen-bond donors (Lipinski definition) is 1. The quantitative estimate of drug-likeness (QED) is 0.764. The van der Waals surface area contributed by atoms with Gasteiger partial charge in [0.05, 0.1) is 11.9 Å². The minimum atomic E-state index is -0.516. The van der Waals surface area contributed by atoms with E-state index in [2.05, 4.69) is 5.10 Å². The van der Waals surface area contributed by atoms with Gasteiger partial charge in [-0.05, 0) is 36.2 Å². The van der Waals surface area contributed by atoms with E-state index in [1.807, 2.05) is 13.1 Å². The smallest absolute Gasteiger partial charge is 0.115 e. The molecule has 2 N–H and O–H groups in total. The molecule has 4 heteroatoms. The molecule has 15 heavy (non-hydrogen) atoms. The second-order valence-corrected chi connectivity index (χ2v) is 3.53. The highest BCUT2D eigenvalue weighted by atomic mass is 19.1. The molecular weight excluding hydrogens is 193 g/mol. The maximum absolute atomic E-state index is 12.5. The third kappa shape index (κ3) is 1.98. The Labute approximate surface area is 87.3 Å². The number of nitrogens with two attached hydrogens (primary N) is 1. The molecule has 0 spiro atoms. The van der Waals surface area contributed by atoms with Crippen molar-refractivity contribution >= 4 is 5.69 Å². The summed E-state index contributed by atoms with van der Waals surface area (Å²) in [6.45, 7) is 1.43. The van der Waals surface area contributed by atoms with Gasteiger partial charge >= 0.3 is 0 Å². The van der Waals surface area contributed by atoms with E-state index in [4.69, 9.17) is 5.73 Å². The number of nitrogen functional groups attached to an aromatic ring is 1. The summed E-state index contributed by atoms with van der Waals surface area (Å²) in [5.41, 5.74) is 8.63. The van der Waals surface area contributed by atoms with Crippen molar-refractivity contribution < 1.29 is 4.39 Å². The van der Waals surface area contributed by atoms with Crippen LogP contribution >= 0.6 is 0 Å². The fraction of sp³-hybridized carbons (Fsp3) is 0.182. The Morgan fingerprint density at radius 2 is 2.20 bits per heavy atom. The molecular formula is C11H12FN3. The predicted octanol–water partition coefficient (Wildman–Crippen LogP) is 2.23. The number of halogens is 1. The van der Waals surface area contributed by atoms with Gasteiger partial charge in [0, 0.05) is 11.9 Å². The molecule has 3 nitrogen and oxygen atoms in total. The molecule has 1 aromatic heterocycles. The summed E-state index contributed by atoms with van der Waals surface area (Å²) in [5, 5.41) is 4.14. The van der Waals surface area contributed by atoms with E-state index in [1.165, 1.54) is 0 Å². The zero-order valence-corrected chi connectivity index (χ0v) is 8.44. The molecule has 0 amide bonds. The molecule has 2 rings (SSSR count). The van der Waals surface area contributed by atoms with Crippen molar-refractivity contribution in [2.24, 2.45) is 0 Å². The molecule has 2 aromatic rings. The van der Waals surface area contributed by atoms with Crippen molar-refractivity contribution in [1.29, 1.82) is 0 Å². The van der Waals surface area contributed by atoms with Crippen LogP contribution in [0.15, 0.2) is 30.6 Å². The molecule has 0 bridgehead atoms. The monoisotopic (exact) mass is 205 g/mol. The molecule has 1 heterocycles. The van der Waals surface area contributed by atoms with Crippen LogP contribution in [0.25, 0.3) is 5.69 Å². The highest BCUT2D eigenvalue weighted by Gasteiger charge is 2.02. The van der Waals surface area contributed by atoms with Crippen LogP contribution in [0.3, 0.4) is 0 Å². The molecule has 0 aliphatic heterocycles. The molecule has 0 atom stereocenters. The van der Waals surface area contributed by atoms with Crippen molar-refractivity contribution in [3.8, 4) is 5.69 Å². The van der Waals surface area contributed by atoms with E-state index in [9.17, 15) is 4.39 Å². The fourth-order valence-corrected chi connectivity index (χ4v) is 1.46. The Kier molecular flexibility index (Phi) is 2.41. The molecule has 0 aliphatic carbocycles. The Hall–Kier alpha value is -1.84. The largest absolute Gasteiger partial charge is 0.399 e. The SMILES string of the molecule is Cc1cnn(-c2cc(N)cc(CF)c2)c1. The van der Waals surface area contributed by atoms with Crippen LogP contribution in [0.2, 0.25) is 0 Å². The summed E-state index contributed by atoms with van der Waals surface area (Å²) in [4.78, 5) is 0. The summed E-state index contributed by atoms with van der Waals surface area (Å²) >= 11 is 0. The van der Waals surface area contributed by atoms with Crippen LogP contribution in [0.1, 0.15) is 11.1 Å². The van der Waals surface area contributed by atoms with E-state index in [0.29, 0.717) is 11.3 Å². The first-order valence-electron chi connectivity index (χ1n) is 4.66. The van der Waals surface area contributed by atoms with Crippen molar-refractivity contribution in [1.82, 2.24) is 9.78 Å². The first-order chi connectivity index (χ1) is 7.19. The van der Waals surface area contributed by atoms with Crippen LogP contribution in [0.5, 0.6) is 0 Å². The number of aromatic nitrogens is 2. The van der Waals surface area contributed by atoms with Gasteiger partial charge in [-0.25, -0.2) is 9.07 Å². The maximum atomic E-state index is 12.5. The van der Waals surface area contributed by atoms with E-state index < -0.39 is 6.67 Å². The zero-order chi connectivity index (χ0) is 10.8. The lowest BCUT2D eigenvalue weighted by Gasteiger charge is -2.05. The standard InChI is InChI=1S/C11H12FN3/c1-8-6-14-15(7-8)11-3-9(5-12)2-10(13)4-11/h2-4,6-7H,5,13H2,1H3. The number of nitrogens with zero attached hydrogens (tertiary/aromatic N) is 2. The molecule has 78 valence electrons. The van der Waals surface area contributed by atoms with Gasteiger partial charge in [0.1, 0.15) is 6.67 Å². The van der Waals surface area contributed by atoms with Gasteiger partial charge in [-0.2, -0.15) is 5.10 Å². The highest BCUT2D eigenvalue weighted by molar-refractivity contribution is 5.50. The molecule has 0 saturated carbocycles. The summed E-state index contributed by atoms with van der Waals surface area (Å²) < 4.78 is 14.2. The van der Waals surface area contributed by atoms with E-state index in [0.717, 1.165) is 11.3 Å². The summed E-state index contributed by atoms with van der Waals surface area (Å²) in [6.07, 6.45) is 3.62. The van der Waals surface area contributed by atoms with Crippen LogP contribution in [-0.2, 0) is 6.67 Å². The van der Waals surface area contributed by atoms with Gasteiger partial charge < -0.3 is 5.73 Å². The van der Waals surface area contributed by atoms with E-state index >= 15 is 0 Å². The lowest BCUT2D eigenvalue weighted by atomic mass is 10.2. The summed E-state index contributed by atoms with van der Waals surface area (Å²) in [6, 6.07) is 5.13. The Bertz CT molecular complexity index is 476. The predicted molar refractivity (Wildman–Crippen MR) is 57.5 cm³/mol. The van der Waals surface area contributed by atoms with Crippen LogP contribution < -0.4 is 5.73 Å². The summed E-state index contributed by atoms with van der Waals surface area (Å²) in [7, 11) is 0. The third-order valence-corrected chi connectivity index (χ3v) is 2.13. The molecule has 1 aromatic carbocycles. The maximum Gasteiger partial charge on any atom is 0.115 e. The van der Waals surface area contributed by atoms with Crippen LogP contribution in [0.4, 0.5) is 10.1 Å². The average Bonchev–Trinajstić information content (AvgIpc) is 2.64.